The van der Waals surface area contributed by atoms with E-state index >= 15 is 0 Å². The van der Waals surface area contributed by atoms with Gasteiger partial charge in [0, 0.05) is 27.2 Å². The van der Waals surface area contributed by atoms with Gasteiger partial charge in [0.2, 0.25) is 0 Å². The normalized spacial score (nSPS) is 13.6. The summed E-state index contributed by atoms with van der Waals surface area (Å²) in [5.41, 5.74) is 1.83. The second-order valence-corrected chi connectivity index (χ2v) is 8.87. The number of nitrogens with one attached hydrogen (secondary N) is 1. The van der Waals surface area contributed by atoms with Gasteiger partial charge in [-0.2, -0.15) is 0 Å². The highest BCUT2D eigenvalue weighted by molar-refractivity contribution is 6.36. The third-order valence-corrected chi connectivity index (χ3v) is 6.26. The van der Waals surface area contributed by atoms with Crippen molar-refractivity contribution in [1.29, 1.82) is 0 Å². The molecule has 1 aliphatic heterocycles. The molecule has 0 saturated carbocycles. The van der Waals surface area contributed by atoms with E-state index in [9.17, 15) is 14.4 Å². The Morgan fingerprint density at radius 2 is 1.51 bits per heavy atom. The van der Waals surface area contributed by atoms with Gasteiger partial charge in [0.15, 0.2) is 6.10 Å². The standard InChI is InChI=1S/C27H18Cl2N2O4/c1-15(35-23-13-8-17(28)14-22(23)29)25(32)30-18-9-11-19(12-10-18)31-26(33)20-6-2-4-16-5-3-7-21(24(16)20)27(31)34/h2-15H,1H3,(H,30,32)/t15-/m1/s1. The van der Waals surface area contributed by atoms with Crippen molar-refractivity contribution in [2.75, 3.05) is 10.2 Å². The number of anilines is 2. The molecule has 1 aliphatic rings. The Kier molecular flexibility index (Phi) is 5.93. The molecule has 0 bridgehead atoms. The third kappa shape index (κ3) is 4.22. The van der Waals surface area contributed by atoms with Crippen LogP contribution >= 0.6 is 23.2 Å². The van der Waals surface area contributed by atoms with Crippen LogP contribution in [0.3, 0.4) is 0 Å². The molecule has 3 amide bonds. The van der Waals surface area contributed by atoms with Gasteiger partial charge in [-0.1, -0.05) is 47.5 Å². The Morgan fingerprint density at radius 3 is 2.11 bits per heavy atom. The minimum atomic E-state index is -0.837. The Morgan fingerprint density at radius 1 is 0.886 bits per heavy atom. The Balaban J connectivity index is 1.33. The number of rotatable bonds is 5. The number of carbonyl (C=O) groups excluding carboxylic acids is 3. The van der Waals surface area contributed by atoms with Gasteiger partial charge in [0.05, 0.1) is 10.7 Å². The van der Waals surface area contributed by atoms with Crippen LogP contribution in [0.15, 0.2) is 78.9 Å². The highest BCUT2D eigenvalue weighted by Gasteiger charge is 2.33. The van der Waals surface area contributed by atoms with Gasteiger partial charge in [-0.15, -0.1) is 0 Å². The zero-order chi connectivity index (χ0) is 24.7. The monoisotopic (exact) mass is 504 g/mol. The molecule has 4 aromatic rings. The van der Waals surface area contributed by atoms with E-state index in [1.807, 2.05) is 12.1 Å². The summed E-state index contributed by atoms with van der Waals surface area (Å²) < 4.78 is 5.64. The number of carbonyl (C=O) groups is 3. The smallest absolute Gasteiger partial charge is 0.265 e. The van der Waals surface area contributed by atoms with Crippen LogP contribution in [0.4, 0.5) is 11.4 Å². The summed E-state index contributed by atoms with van der Waals surface area (Å²) >= 11 is 12.0. The summed E-state index contributed by atoms with van der Waals surface area (Å²) in [6.45, 7) is 1.59. The average Bonchev–Trinajstić information content (AvgIpc) is 2.85. The second kappa shape index (κ2) is 9.06. The number of amides is 3. The van der Waals surface area contributed by atoms with Crippen molar-refractivity contribution in [3.8, 4) is 5.75 Å². The SMILES string of the molecule is C[C@@H](Oc1ccc(Cl)cc1Cl)C(=O)Nc1ccc(N2C(=O)c3cccc4cccc(c34)C2=O)cc1. The van der Waals surface area contributed by atoms with Crippen LogP contribution in [0.2, 0.25) is 10.0 Å². The number of halogens is 2. The average molecular weight is 505 g/mol. The molecule has 0 radical (unpaired) electrons. The van der Waals surface area contributed by atoms with E-state index in [4.69, 9.17) is 27.9 Å². The molecule has 35 heavy (non-hydrogen) atoms. The zero-order valence-electron chi connectivity index (χ0n) is 18.4. The zero-order valence-corrected chi connectivity index (χ0v) is 19.9. The lowest BCUT2D eigenvalue weighted by molar-refractivity contribution is -0.122. The van der Waals surface area contributed by atoms with Gasteiger partial charge < -0.3 is 10.1 Å². The number of benzene rings is 4. The topological polar surface area (TPSA) is 75.7 Å². The molecule has 5 rings (SSSR count). The number of hydrogen-bond donors (Lipinski definition) is 1. The van der Waals surface area contributed by atoms with Crippen molar-refractivity contribution in [3.05, 3.63) is 100 Å². The van der Waals surface area contributed by atoms with Crippen molar-refractivity contribution < 1.29 is 19.1 Å². The van der Waals surface area contributed by atoms with Crippen LogP contribution in [-0.2, 0) is 4.79 Å². The molecule has 174 valence electrons. The molecule has 8 heteroatoms. The lowest BCUT2D eigenvalue weighted by Gasteiger charge is -2.27. The van der Waals surface area contributed by atoms with Gasteiger partial charge >= 0.3 is 0 Å². The third-order valence-electron chi connectivity index (χ3n) is 5.73. The summed E-state index contributed by atoms with van der Waals surface area (Å²) in [7, 11) is 0. The van der Waals surface area contributed by atoms with Crippen molar-refractivity contribution in [1.82, 2.24) is 0 Å². The van der Waals surface area contributed by atoms with E-state index in [0.717, 1.165) is 10.3 Å². The molecule has 1 heterocycles. The molecule has 0 aliphatic carbocycles. The van der Waals surface area contributed by atoms with Gasteiger partial charge in [-0.25, -0.2) is 4.90 Å². The second-order valence-electron chi connectivity index (χ2n) is 8.03. The van der Waals surface area contributed by atoms with Gasteiger partial charge in [0.1, 0.15) is 5.75 Å². The maximum atomic E-state index is 13.2. The Hall–Kier alpha value is -3.87. The first-order chi connectivity index (χ1) is 16.8. The Labute approximate surface area is 211 Å². The number of ether oxygens (including phenoxy) is 1. The van der Waals surface area contributed by atoms with E-state index in [2.05, 4.69) is 5.32 Å². The lowest BCUT2D eigenvalue weighted by Crippen LogP contribution is -2.40. The quantitative estimate of drug-likeness (QED) is 0.321. The van der Waals surface area contributed by atoms with E-state index in [-0.39, 0.29) is 0 Å². The van der Waals surface area contributed by atoms with Crippen molar-refractivity contribution in [2.24, 2.45) is 0 Å². The van der Waals surface area contributed by atoms with E-state index in [1.165, 1.54) is 6.07 Å². The molecule has 0 spiro atoms. The number of hydrogen-bond acceptors (Lipinski definition) is 4. The van der Waals surface area contributed by atoms with Crippen LogP contribution < -0.4 is 15.0 Å². The minimum absolute atomic E-state index is 0.301. The van der Waals surface area contributed by atoms with Crippen LogP contribution in [0, 0.1) is 0 Å². The van der Waals surface area contributed by atoms with Gasteiger partial charge in [-0.3, -0.25) is 14.4 Å². The van der Waals surface area contributed by atoms with E-state index < -0.39 is 23.8 Å². The fraction of sp³-hybridized carbons (Fsp3) is 0.0741. The predicted octanol–water partition coefficient (Wildman–Crippen LogP) is 6.35. The first kappa shape index (κ1) is 22.9. The number of nitrogens with zero attached hydrogens (tertiary/aromatic N) is 1. The van der Waals surface area contributed by atoms with E-state index in [1.54, 1.807) is 67.6 Å². The maximum absolute atomic E-state index is 13.2. The van der Waals surface area contributed by atoms with E-state index in [0.29, 0.717) is 43.7 Å². The molecule has 0 saturated heterocycles. The largest absolute Gasteiger partial charge is 0.479 e. The van der Waals surface area contributed by atoms with Gasteiger partial charge in [-0.05, 0) is 66.9 Å². The van der Waals surface area contributed by atoms with Crippen molar-refractivity contribution >= 4 is 63.1 Å². The summed E-state index contributed by atoms with van der Waals surface area (Å²) in [5.74, 6) is -0.836. The number of imide groups is 1. The summed E-state index contributed by atoms with van der Waals surface area (Å²) in [6.07, 6.45) is -0.837. The van der Waals surface area contributed by atoms with Crippen LogP contribution in [0.25, 0.3) is 10.8 Å². The van der Waals surface area contributed by atoms with Crippen LogP contribution in [-0.4, -0.2) is 23.8 Å². The van der Waals surface area contributed by atoms with Gasteiger partial charge in [0.25, 0.3) is 17.7 Å². The molecule has 0 fully saturated rings. The molecule has 1 atom stereocenters. The molecule has 4 aromatic carbocycles. The fourth-order valence-corrected chi connectivity index (χ4v) is 4.47. The highest BCUT2D eigenvalue weighted by atomic mass is 35.5. The summed E-state index contributed by atoms with van der Waals surface area (Å²) in [4.78, 5) is 40.1. The molecular formula is C27H18Cl2N2O4. The van der Waals surface area contributed by atoms with Crippen molar-refractivity contribution in [2.45, 2.75) is 13.0 Å². The molecule has 6 nitrogen and oxygen atoms in total. The Bertz CT molecular complexity index is 1450. The molecule has 0 aromatic heterocycles. The summed E-state index contributed by atoms with van der Waals surface area (Å²) in [5, 5.41) is 5.03. The van der Waals surface area contributed by atoms with Crippen LogP contribution in [0.5, 0.6) is 5.75 Å². The lowest BCUT2D eigenvalue weighted by atomic mass is 9.94. The van der Waals surface area contributed by atoms with Crippen molar-refractivity contribution in [3.63, 3.8) is 0 Å². The highest BCUT2D eigenvalue weighted by Crippen LogP contribution is 2.33. The maximum Gasteiger partial charge on any atom is 0.265 e. The molecule has 0 unspecified atom stereocenters. The predicted molar refractivity (Wildman–Crippen MR) is 137 cm³/mol. The summed E-state index contributed by atoms with van der Waals surface area (Å²) in [6, 6.07) is 22.0. The minimum Gasteiger partial charge on any atom is -0.479 e. The molecular weight excluding hydrogens is 487 g/mol. The first-order valence-corrected chi connectivity index (χ1v) is 11.5. The molecule has 1 N–H and O–H groups in total. The fourth-order valence-electron chi connectivity index (χ4n) is 4.02. The first-order valence-electron chi connectivity index (χ1n) is 10.8. The van der Waals surface area contributed by atoms with Crippen LogP contribution in [0.1, 0.15) is 27.6 Å².